The van der Waals surface area contributed by atoms with Crippen molar-refractivity contribution >= 4 is 16.7 Å². The van der Waals surface area contributed by atoms with Crippen LogP contribution in [0.1, 0.15) is 36.9 Å². The average Bonchev–Trinajstić information content (AvgIpc) is 2.84. The number of H-pyrrole nitrogens is 1. The van der Waals surface area contributed by atoms with Crippen LogP contribution in [0.2, 0.25) is 0 Å². The van der Waals surface area contributed by atoms with E-state index in [-0.39, 0.29) is 17.3 Å². The van der Waals surface area contributed by atoms with Gasteiger partial charge in [0.2, 0.25) is 5.91 Å². The van der Waals surface area contributed by atoms with Crippen molar-refractivity contribution in [3.63, 3.8) is 0 Å². The Bertz CT molecular complexity index is 1150. The second kappa shape index (κ2) is 10.3. The Labute approximate surface area is 193 Å². The summed E-state index contributed by atoms with van der Waals surface area (Å²) in [6.07, 6.45) is 3.02. The van der Waals surface area contributed by atoms with Gasteiger partial charge in [0.25, 0.3) is 5.56 Å². The minimum absolute atomic E-state index is 0.0124. The van der Waals surface area contributed by atoms with Crippen LogP contribution in [0.3, 0.4) is 0 Å². The third-order valence-electron chi connectivity index (χ3n) is 6.75. The van der Waals surface area contributed by atoms with Gasteiger partial charge in [0.15, 0.2) is 0 Å². The Morgan fingerprint density at radius 1 is 1.15 bits per heavy atom. The molecule has 2 aromatic carbocycles. The van der Waals surface area contributed by atoms with Gasteiger partial charge in [-0.1, -0.05) is 30.3 Å². The van der Waals surface area contributed by atoms with Crippen LogP contribution in [0.15, 0.2) is 53.3 Å². The fourth-order valence-electron chi connectivity index (χ4n) is 4.72. The summed E-state index contributed by atoms with van der Waals surface area (Å²) in [5.41, 5.74) is 1.52. The molecule has 7 heteroatoms. The van der Waals surface area contributed by atoms with Crippen LogP contribution in [-0.4, -0.2) is 59.1 Å². The second-order valence-corrected chi connectivity index (χ2v) is 9.09. The number of rotatable bonds is 7. The first-order valence-corrected chi connectivity index (χ1v) is 11.6. The van der Waals surface area contributed by atoms with Crippen molar-refractivity contribution in [2.24, 2.45) is 5.92 Å². The highest BCUT2D eigenvalue weighted by atomic mass is 19.1. The molecule has 1 atom stereocenters. The van der Waals surface area contributed by atoms with Crippen molar-refractivity contribution < 1.29 is 9.18 Å². The number of aromatic amines is 1. The Kier molecular flexibility index (Phi) is 7.18. The number of nitrogens with zero attached hydrogens (tertiary/aromatic N) is 3. The van der Waals surface area contributed by atoms with E-state index in [1.54, 1.807) is 6.07 Å². The molecular formula is C26H31FN4O2. The fourth-order valence-corrected chi connectivity index (χ4v) is 4.72. The van der Waals surface area contributed by atoms with Crippen molar-refractivity contribution in [1.29, 1.82) is 0 Å². The smallest absolute Gasteiger partial charge is 0.272 e. The van der Waals surface area contributed by atoms with Gasteiger partial charge in [0, 0.05) is 25.5 Å². The predicted molar refractivity (Wildman–Crippen MR) is 128 cm³/mol. The van der Waals surface area contributed by atoms with Crippen LogP contribution in [0.5, 0.6) is 0 Å². The maximum Gasteiger partial charge on any atom is 0.272 e. The molecule has 1 aliphatic rings. The molecule has 1 N–H and O–H groups in total. The zero-order valence-corrected chi connectivity index (χ0v) is 19.3. The van der Waals surface area contributed by atoms with Gasteiger partial charge in [0.05, 0.1) is 17.0 Å². The third-order valence-corrected chi connectivity index (χ3v) is 6.75. The monoisotopic (exact) mass is 450 g/mol. The number of carbonyl (C=O) groups excluding carboxylic acids is 1. The lowest BCUT2D eigenvalue weighted by Crippen LogP contribution is -2.41. The lowest BCUT2D eigenvalue weighted by atomic mass is 9.95. The van der Waals surface area contributed by atoms with Gasteiger partial charge < -0.3 is 9.80 Å². The molecule has 0 spiro atoms. The van der Waals surface area contributed by atoms with Crippen LogP contribution >= 0.6 is 0 Å². The quantitative estimate of drug-likeness (QED) is 0.597. The molecule has 0 aliphatic carbocycles. The van der Waals surface area contributed by atoms with Crippen LogP contribution in [0.25, 0.3) is 10.8 Å². The summed E-state index contributed by atoms with van der Waals surface area (Å²) >= 11 is 0. The highest BCUT2D eigenvalue weighted by Crippen LogP contribution is 2.24. The number of likely N-dealkylation sites (N-methyl/N-ethyl adjacent to an activating group) is 1. The zero-order chi connectivity index (χ0) is 23.4. The summed E-state index contributed by atoms with van der Waals surface area (Å²) in [6, 6.07) is 14.0. The Hall–Kier alpha value is -3.06. The van der Waals surface area contributed by atoms with Crippen molar-refractivity contribution in [3.8, 4) is 0 Å². The molecule has 33 heavy (non-hydrogen) atoms. The number of amides is 1. The number of hydrogen-bond acceptors (Lipinski definition) is 4. The molecule has 0 unspecified atom stereocenters. The van der Waals surface area contributed by atoms with Crippen molar-refractivity contribution in [1.82, 2.24) is 20.0 Å². The summed E-state index contributed by atoms with van der Waals surface area (Å²) in [5.74, 6) is -0.156. The number of fused-ring (bicyclic) bond motifs is 1. The molecule has 0 saturated carbocycles. The summed E-state index contributed by atoms with van der Waals surface area (Å²) in [5, 5.41) is 8.01. The molecular weight excluding hydrogens is 419 g/mol. The highest BCUT2D eigenvalue weighted by molar-refractivity contribution is 5.90. The van der Waals surface area contributed by atoms with Crippen LogP contribution < -0.4 is 5.56 Å². The summed E-state index contributed by atoms with van der Waals surface area (Å²) < 4.78 is 13.1. The number of likely N-dealkylation sites (tertiary alicyclic amines) is 1. The standard InChI is InChI=1S/C26H31FN4O2/c1-18(24-22-5-3-4-6-23(22)25(32)29-28-24)26(33)30(2)17-20-12-15-31(16-13-20)14-11-19-7-9-21(27)10-8-19/h3-10,18,20H,11-17H2,1-2H3,(H,29,32)/t18-/m1/s1. The number of nitrogens with one attached hydrogen (secondary N) is 1. The molecule has 0 radical (unpaired) electrons. The van der Waals surface area contributed by atoms with E-state index in [0.717, 1.165) is 56.4 Å². The van der Waals surface area contributed by atoms with Gasteiger partial charge in [-0.15, -0.1) is 0 Å². The molecule has 1 amide bonds. The van der Waals surface area contributed by atoms with E-state index in [4.69, 9.17) is 0 Å². The van der Waals surface area contributed by atoms with E-state index in [0.29, 0.717) is 17.0 Å². The molecule has 174 valence electrons. The second-order valence-electron chi connectivity index (χ2n) is 9.09. The molecule has 1 aliphatic heterocycles. The number of aromatic nitrogens is 2. The molecule has 6 nitrogen and oxygen atoms in total. The first kappa shape index (κ1) is 23.1. The van der Waals surface area contributed by atoms with Crippen molar-refractivity contribution in [2.75, 3.05) is 33.2 Å². The van der Waals surface area contributed by atoms with Crippen molar-refractivity contribution in [3.05, 3.63) is 76.0 Å². The van der Waals surface area contributed by atoms with Crippen LogP contribution in [0, 0.1) is 11.7 Å². The SMILES string of the molecule is C[C@@H](C(=O)N(C)CC1CCN(CCc2ccc(F)cc2)CC1)c1n[nH]c(=O)c2ccccc12. The van der Waals surface area contributed by atoms with Gasteiger partial charge in [-0.05, 0) is 69.0 Å². The maximum absolute atomic E-state index is 13.2. The van der Waals surface area contributed by atoms with Gasteiger partial charge >= 0.3 is 0 Å². The number of piperidine rings is 1. The number of carbonyl (C=O) groups is 1. The minimum Gasteiger partial charge on any atom is -0.345 e. The average molecular weight is 451 g/mol. The third kappa shape index (κ3) is 5.47. The van der Waals surface area contributed by atoms with Gasteiger partial charge in [0.1, 0.15) is 5.82 Å². The first-order valence-electron chi connectivity index (χ1n) is 11.6. The number of hydrogen-bond donors (Lipinski definition) is 1. The van der Waals surface area contributed by atoms with Crippen LogP contribution in [-0.2, 0) is 11.2 Å². The Morgan fingerprint density at radius 3 is 2.52 bits per heavy atom. The van der Waals surface area contributed by atoms with Crippen LogP contribution in [0.4, 0.5) is 4.39 Å². The zero-order valence-electron chi connectivity index (χ0n) is 19.3. The van der Waals surface area contributed by atoms with E-state index >= 15 is 0 Å². The maximum atomic E-state index is 13.2. The highest BCUT2D eigenvalue weighted by Gasteiger charge is 2.26. The molecule has 0 bridgehead atoms. The molecule has 2 heterocycles. The normalized spacial score (nSPS) is 16.1. The van der Waals surface area contributed by atoms with E-state index in [9.17, 15) is 14.0 Å². The van der Waals surface area contributed by atoms with Gasteiger partial charge in [-0.3, -0.25) is 9.59 Å². The molecule has 1 fully saturated rings. The summed E-state index contributed by atoms with van der Waals surface area (Å²) in [6.45, 7) is 5.56. The van der Waals surface area contributed by atoms with E-state index in [1.165, 1.54) is 12.1 Å². The lowest BCUT2D eigenvalue weighted by Gasteiger charge is -2.34. The topological polar surface area (TPSA) is 69.3 Å². The Morgan fingerprint density at radius 2 is 1.82 bits per heavy atom. The van der Waals surface area contributed by atoms with Gasteiger partial charge in [-0.25, -0.2) is 9.49 Å². The van der Waals surface area contributed by atoms with E-state index in [1.807, 2.05) is 49.2 Å². The van der Waals surface area contributed by atoms with Gasteiger partial charge in [-0.2, -0.15) is 5.10 Å². The molecule has 1 saturated heterocycles. The summed E-state index contributed by atoms with van der Waals surface area (Å²) in [4.78, 5) is 29.5. The lowest BCUT2D eigenvalue weighted by molar-refractivity contribution is -0.132. The number of benzene rings is 2. The molecule has 1 aromatic heterocycles. The predicted octanol–water partition coefficient (Wildman–Crippen LogP) is 3.58. The largest absolute Gasteiger partial charge is 0.345 e. The molecule has 4 rings (SSSR count). The summed E-state index contributed by atoms with van der Waals surface area (Å²) in [7, 11) is 1.85. The molecule has 3 aromatic rings. The first-order chi connectivity index (χ1) is 15.9. The van der Waals surface area contributed by atoms with Crippen molar-refractivity contribution in [2.45, 2.75) is 32.1 Å². The Balaban J connectivity index is 1.29. The van der Waals surface area contributed by atoms with E-state index in [2.05, 4.69) is 15.1 Å². The van der Waals surface area contributed by atoms with E-state index < -0.39 is 5.92 Å². The number of halogens is 1. The fraction of sp³-hybridized carbons (Fsp3) is 0.423. The minimum atomic E-state index is -0.437.